The standard InChI is InChI=1S/C18H18N4O2S/c1-12-10-15(23)11-13(2)17(12)16(24)8-9-25-18-19-20-21-22(18)14-6-4-3-5-7-14/h3-7,10-11,23H,8-9H2,1-2H3. The van der Waals surface area contributed by atoms with Crippen LogP contribution in [0.15, 0.2) is 47.6 Å². The molecule has 1 heterocycles. The SMILES string of the molecule is Cc1cc(O)cc(C)c1C(=O)CCSc1nnnn1-c1ccccc1. The second kappa shape index (κ2) is 7.48. The normalized spacial score (nSPS) is 10.8. The van der Waals surface area contributed by atoms with Gasteiger partial charge in [-0.2, -0.15) is 4.68 Å². The van der Waals surface area contributed by atoms with Crippen molar-refractivity contribution in [2.75, 3.05) is 5.75 Å². The third kappa shape index (κ3) is 3.88. The first-order chi connectivity index (χ1) is 12.1. The van der Waals surface area contributed by atoms with Crippen LogP contribution in [-0.2, 0) is 0 Å². The Morgan fingerprint density at radius 2 is 1.84 bits per heavy atom. The van der Waals surface area contributed by atoms with E-state index in [1.165, 1.54) is 11.8 Å². The van der Waals surface area contributed by atoms with Crippen LogP contribution in [0.25, 0.3) is 5.69 Å². The number of nitrogens with zero attached hydrogens (tertiary/aromatic N) is 4. The van der Waals surface area contributed by atoms with E-state index in [0.717, 1.165) is 16.8 Å². The van der Waals surface area contributed by atoms with Crippen molar-refractivity contribution in [2.24, 2.45) is 0 Å². The highest BCUT2D eigenvalue weighted by Gasteiger charge is 2.15. The lowest BCUT2D eigenvalue weighted by Crippen LogP contribution is -2.06. The number of rotatable bonds is 6. The Hall–Kier alpha value is -2.67. The maximum Gasteiger partial charge on any atom is 0.214 e. The Balaban J connectivity index is 1.67. The molecule has 0 saturated carbocycles. The number of hydrogen-bond acceptors (Lipinski definition) is 6. The number of benzene rings is 2. The largest absolute Gasteiger partial charge is 0.508 e. The average molecular weight is 354 g/mol. The van der Waals surface area contributed by atoms with E-state index in [2.05, 4.69) is 15.5 Å². The summed E-state index contributed by atoms with van der Waals surface area (Å²) in [6, 6.07) is 12.9. The van der Waals surface area contributed by atoms with Gasteiger partial charge in [-0.05, 0) is 59.7 Å². The zero-order valence-corrected chi connectivity index (χ0v) is 14.8. The van der Waals surface area contributed by atoms with E-state index in [0.29, 0.717) is 22.9 Å². The van der Waals surface area contributed by atoms with E-state index >= 15 is 0 Å². The van der Waals surface area contributed by atoms with Crippen LogP contribution in [0.5, 0.6) is 5.75 Å². The van der Waals surface area contributed by atoms with Crippen molar-refractivity contribution in [3.05, 3.63) is 59.2 Å². The molecule has 0 spiro atoms. The summed E-state index contributed by atoms with van der Waals surface area (Å²) in [4.78, 5) is 12.5. The molecule has 0 bridgehead atoms. The van der Waals surface area contributed by atoms with E-state index in [9.17, 15) is 9.90 Å². The predicted molar refractivity (Wildman–Crippen MR) is 96.4 cm³/mol. The summed E-state index contributed by atoms with van der Waals surface area (Å²) in [6.45, 7) is 3.67. The molecule has 0 atom stereocenters. The average Bonchev–Trinajstić information content (AvgIpc) is 3.03. The zero-order chi connectivity index (χ0) is 17.8. The molecular formula is C18H18N4O2S. The van der Waals surface area contributed by atoms with Crippen LogP contribution >= 0.6 is 11.8 Å². The minimum absolute atomic E-state index is 0.0567. The van der Waals surface area contributed by atoms with Gasteiger partial charge in [0, 0.05) is 17.7 Å². The lowest BCUT2D eigenvalue weighted by atomic mass is 9.97. The number of carbonyl (C=O) groups excluding carboxylic acids is 1. The zero-order valence-electron chi connectivity index (χ0n) is 14.0. The van der Waals surface area contributed by atoms with Crippen LogP contribution in [0.1, 0.15) is 27.9 Å². The Morgan fingerprint density at radius 1 is 1.16 bits per heavy atom. The van der Waals surface area contributed by atoms with Crippen molar-refractivity contribution < 1.29 is 9.90 Å². The fraction of sp³-hybridized carbons (Fsp3) is 0.222. The van der Waals surface area contributed by atoms with E-state index in [1.807, 2.05) is 44.2 Å². The molecule has 1 N–H and O–H groups in total. The topological polar surface area (TPSA) is 80.9 Å². The molecule has 128 valence electrons. The van der Waals surface area contributed by atoms with E-state index in [4.69, 9.17) is 0 Å². The Morgan fingerprint density at radius 3 is 2.52 bits per heavy atom. The number of thioether (sulfide) groups is 1. The molecule has 0 unspecified atom stereocenters. The van der Waals surface area contributed by atoms with Crippen molar-refractivity contribution >= 4 is 17.5 Å². The van der Waals surface area contributed by atoms with Crippen molar-refractivity contribution in [1.82, 2.24) is 20.2 Å². The minimum atomic E-state index is 0.0567. The van der Waals surface area contributed by atoms with Gasteiger partial charge in [0.2, 0.25) is 5.16 Å². The third-order valence-electron chi connectivity index (χ3n) is 3.80. The highest BCUT2D eigenvalue weighted by atomic mass is 32.2. The highest BCUT2D eigenvalue weighted by Crippen LogP contribution is 2.24. The summed E-state index contributed by atoms with van der Waals surface area (Å²) in [5, 5.41) is 22.0. The molecule has 0 aliphatic heterocycles. The molecule has 2 aromatic carbocycles. The maximum atomic E-state index is 12.5. The van der Waals surface area contributed by atoms with Gasteiger partial charge in [0.1, 0.15) is 5.75 Å². The first-order valence-electron chi connectivity index (χ1n) is 7.86. The minimum Gasteiger partial charge on any atom is -0.508 e. The van der Waals surface area contributed by atoms with E-state index in [1.54, 1.807) is 16.8 Å². The second-order valence-electron chi connectivity index (χ2n) is 5.69. The molecule has 1 aromatic heterocycles. The summed E-state index contributed by atoms with van der Waals surface area (Å²) in [5.74, 6) is 0.815. The molecule has 0 saturated heterocycles. The number of phenols is 1. The van der Waals surface area contributed by atoms with Gasteiger partial charge in [0.15, 0.2) is 5.78 Å². The van der Waals surface area contributed by atoms with Crippen LogP contribution < -0.4 is 0 Å². The predicted octanol–water partition coefficient (Wildman–Crippen LogP) is 3.35. The van der Waals surface area contributed by atoms with Gasteiger partial charge in [0.25, 0.3) is 0 Å². The van der Waals surface area contributed by atoms with Crippen molar-refractivity contribution in [2.45, 2.75) is 25.4 Å². The Kier molecular flexibility index (Phi) is 5.14. The number of carbonyl (C=O) groups is 1. The van der Waals surface area contributed by atoms with Crippen molar-refractivity contribution in [3.8, 4) is 11.4 Å². The smallest absolute Gasteiger partial charge is 0.214 e. The van der Waals surface area contributed by atoms with Crippen LogP contribution in [0.4, 0.5) is 0 Å². The molecular weight excluding hydrogens is 336 g/mol. The van der Waals surface area contributed by atoms with Crippen LogP contribution in [0.3, 0.4) is 0 Å². The number of ketones is 1. The molecule has 7 heteroatoms. The Labute approximate surface area is 149 Å². The van der Waals surface area contributed by atoms with E-state index in [-0.39, 0.29) is 11.5 Å². The summed E-state index contributed by atoms with van der Waals surface area (Å²) in [7, 11) is 0. The van der Waals surface area contributed by atoms with Gasteiger partial charge >= 0.3 is 0 Å². The van der Waals surface area contributed by atoms with Gasteiger partial charge in [-0.25, -0.2) is 0 Å². The molecule has 3 rings (SSSR count). The number of Topliss-reactive ketones (excluding diaryl/α,β-unsaturated/α-hetero) is 1. The fourth-order valence-electron chi connectivity index (χ4n) is 2.74. The van der Waals surface area contributed by atoms with E-state index < -0.39 is 0 Å². The summed E-state index contributed by atoms with van der Waals surface area (Å²) in [5.41, 5.74) is 3.15. The second-order valence-corrected chi connectivity index (χ2v) is 6.75. The van der Waals surface area contributed by atoms with Crippen LogP contribution in [-0.4, -0.2) is 36.8 Å². The number of tetrazole rings is 1. The lowest BCUT2D eigenvalue weighted by Gasteiger charge is -2.09. The highest BCUT2D eigenvalue weighted by molar-refractivity contribution is 7.99. The molecule has 0 fully saturated rings. The number of hydrogen-bond donors (Lipinski definition) is 1. The number of aromatic nitrogens is 4. The van der Waals surface area contributed by atoms with Gasteiger partial charge in [-0.3, -0.25) is 4.79 Å². The number of aromatic hydroxyl groups is 1. The molecule has 0 radical (unpaired) electrons. The summed E-state index contributed by atoms with van der Waals surface area (Å²) in [6.07, 6.45) is 0.374. The fourth-order valence-corrected chi connectivity index (χ4v) is 3.57. The summed E-state index contributed by atoms with van der Waals surface area (Å²) >= 11 is 1.44. The first kappa shape index (κ1) is 17.2. The first-order valence-corrected chi connectivity index (χ1v) is 8.85. The van der Waals surface area contributed by atoms with Crippen LogP contribution in [0.2, 0.25) is 0 Å². The molecule has 0 amide bonds. The molecule has 0 aliphatic rings. The van der Waals surface area contributed by atoms with Gasteiger partial charge in [0.05, 0.1) is 5.69 Å². The quantitative estimate of drug-likeness (QED) is 0.540. The maximum absolute atomic E-state index is 12.5. The number of aryl methyl sites for hydroxylation is 2. The number of para-hydroxylation sites is 1. The molecule has 25 heavy (non-hydrogen) atoms. The third-order valence-corrected chi connectivity index (χ3v) is 4.72. The Bertz CT molecular complexity index is 870. The molecule has 0 aliphatic carbocycles. The summed E-state index contributed by atoms with van der Waals surface area (Å²) < 4.78 is 1.66. The van der Waals surface area contributed by atoms with Gasteiger partial charge in [-0.15, -0.1) is 5.10 Å². The van der Waals surface area contributed by atoms with Gasteiger partial charge < -0.3 is 5.11 Å². The monoisotopic (exact) mass is 354 g/mol. The van der Waals surface area contributed by atoms with Crippen molar-refractivity contribution in [1.29, 1.82) is 0 Å². The number of phenolic OH excluding ortho intramolecular Hbond substituents is 1. The van der Waals surface area contributed by atoms with Crippen LogP contribution in [0, 0.1) is 13.8 Å². The molecule has 3 aromatic rings. The lowest BCUT2D eigenvalue weighted by molar-refractivity contribution is 0.0988. The molecule has 6 nitrogen and oxygen atoms in total. The van der Waals surface area contributed by atoms with Crippen molar-refractivity contribution in [3.63, 3.8) is 0 Å². The van der Waals surface area contributed by atoms with Gasteiger partial charge in [-0.1, -0.05) is 30.0 Å².